The molecule has 1 unspecified atom stereocenters. The molecule has 4 amide bonds. The standard InChI is InChI=1S/C35H56N6O4/c1-23(2)29(21-25(5)33(44)41-20-12-14-27(41)31(42)37-22-26-15-17-36-18-16-26)39(9)34(45)30(35(6,7)8)38-32(43)28-13-10-11-19-40(28)24(3)4/h15-18,21,23-24,27-30H,10-14,19-20,22H2,1-9H3,(H,37,42)(H,38,43)/t27-,28+,29?,30+/m0/s1. The van der Waals surface area contributed by atoms with Gasteiger partial charge in [0.15, 0.2) is 0 Å². The highest BCUT2D eigenvalue weighted by Gasteiger charge is 2.40. The minimum atomic E-state index is -0.733. The summed E-state index contributed by atoms with van der Waals surface area (Å²) in [6, 6.07) is 2.03. The van der Waals surface area contributed by atoms with Gasteiger partial charge in [0.2, 0.25) is 23.6 Å². The Balaban J connectivity index is 1.75. The molecule has 1 aromatic heterocycles. The van der Waals surface area contributed by atoms with Gasteiger partial charge in [-0.3, -0.25) is 29.1 Å². The molecule has 0 aromatic carbocycles. The van der Waals surface area contributed by atoms with Crippen LogP contribution in [0.3, 0.4) is 0 Å². The van der Waals surface area contributed by atoms with Crippen molar-refractivity contribution in [3.8, 4) is 0 Å². The molecule has 2 aliphatic rings. The summed E-state index contributed by atoms with van der Waals surface area (Å²) in [4.78, 5) is 64.1. The highest BCUT2D eigenvalue weighted by Crippen LogP contribution is 2.27. The van der Waals surface area contributed by atoms with Crippen LogP contribution in [0.5, 0.6) is 0 Å². The quantitative estimate of drug-likeness (QED) is 0.361. The topological polar surface area (TPSA) is 115 Å². The van der Waals surface area contributed by atoms with Gasteiger partial charge in [0, 0.05) is 44.1 Å². The number of piperidine rings is 1. The zero-order valence-electron chi connectivity index (χ0n) is 28.9. The van der Waals surface area contributed by atoms with Gasteiger partial charge in [-0.25, -0.2) is 0 Å². The van der Waals surface area contributed by atoms with E-state index in [1.54, 1.807) is 36.2 Å². The van der Waals surface area contributed by atoms with Crippen LogP contribution in [0.1, 0.15) is 93.1 Å². The molecule has 2 saturated heterocycles. The van der Waals surface area contributed by atoms with Crippen molar-refractivity contribution >= 4 is 23.6 Å². The molecule has 1 aromatic rings. The number of pyridine rings is 1. The molecule has 3 rings (SSSR count). The first-order valence-electron chi connectivity index (χ1n) is 16.6. The second kappa shape index (κ2) is 15.8. The minimum absolute atomic E-state index is 0.00540. The number of rotatable bonds is 11. The highest BCUT2D eigenvalue weighted by molar-refractivity contribution is 5.97. The van der Waals surface area contributed by atoms with E-state index in [0.717, 1.165) is 37.8 Å². The molecule has 0 radical (unpaired) electrons. The molecule has 10 heteroatoms. The van der Waals surface area contributed by atoms with Crippen LogP contribution in [0.2, 0.25) is 0 Å². The van der Waals surface area contributed by atoms with Crippen molar-refractivity contribution in [1.29, 1.82) is 0 Å². The lowest BCUT2D eigenvalue weighted by molar-refractivity contribution is -0.142. The van der Waals surface area contributed by atoms with Crippen molar-refractivity contribution in [3.05, 3.63) is 41.7 Å². The van der Waals surface area contributed by atoms with Crippen LogP contribution < -0.4 is 10.6 Å². The van der Waals surface area contributed by atoms with Gasteiger partial charge >= 0.3 is 0 Å². The fourth-order valence-corrected chi connectivity index (χ4v) is 6.49. The van der Waals surface area contributed by atoms with Crippen molar-refractivity contribution in [2.45, 2.75) is 124 Å². The highest BCUT2D eigenvalue weighted by atomic mass is 16.2. The first-order chi connectivity index (χ1) is 21.1. The van der Waals surface area contributed by atoms with E-state index in [9.17, 15) is 19.2 Å². The number of amides is 4. The Hall–Kier alpha value is -3.27. The molecule has 0 bridgehead atoms. The van der Waals surface area contributed by atoms with Crippen LogP contribution in [0, 0.1) is 11.3 Å². The zero-order valence-corrected chi connectivity index (χ0v) is 28.9. The van der Waals surface area contributed by atoms with Crippen LogP contribution in [0.4, 0.5) is 0 Å². The Morgan fingerprint density at radius 2 is 1.62 bits per heavy atom. The fourth-order valence-electron chi connectivity index (χ4n) is 6.49. The average molecular weight is 625 g/mol. The predicted octanol–water partition coefficient (Wildman–Crippen LogP) is 3.91. The maximum Gasteiger partial charge on any atom is 0.249 e. The molecule has 2 aliphatic heterocycles. The lowest BCUT2D eigenvalue weighted by atomic mass is 9.84. The Morgan fingerprint density at radius 3 is 2.22 bits per heavy atom. The first kappa shape index (κ1) is 36.2. The van der Waals surface area contributed by atoms with Crippen LogP contribution in [0.15, 0.2) is 36.2 Å². The number of carbonyl (C=O) groups is 4. The van der Waals surface area contributed by atoms with Crippen molar-refractivity contribution in [2.24, 2.45) is 11.3 Å². The molecular formula is C35H56N6O4. The summed E-state index contributed by atoms with van der Waals surface area (Å²) in [7, 11) is 1.75. The maximum absolute atomic E-state index is 14.1. The number of carbonyl (C=O) groups excluding carboxylic acids is 4. The van der Waals surface area contributed by atoms with Crippen LogP contribution in [-0.2, 0) is 25.7 Å². The third-order valence-electron chi connectivity index (χ3n) is 9.18. The smallest absolute Gasteiger partial charge is 0.249 e. The molecule has 45 heavy (non-hydrogen) atoms. The van der Waals surface area contributed by atoms with E-state index in [4.69, 9.17) is 0 Å². The van der Waals surface area contributed by atoms with Gasteiger partial charge in [0.05, 0.1) is 12.1 Å². The molecule has 0 saturated carbocycles. The molecule has 2 N–H and O–H groups in total. The molecule has 10 nitrogen and oxygen atoms in total. The lowest BCUT2D eigenvalue weighted by Gasteiger charge is -2.41. The maximum atomic E-state index is 14.1. The van der Waals surface area contributed by atoms with Gasteiger partial charge < -0.3 is 20.4 Å². The monoisotopic (exact) mass is 624 g/mol. The summed E-state index contributed by atoms with van der Waals surface area (Å²) in [5.41, 5.74) is 0.910. The third-order valence-corrected chi connectivity index (χ3v) is 9.18. The number of hydrogen-bond acceptors (Lipinski definition) is 6. The van der Waals surface area contributed by atoms with E-state index in [-0.39, 0.29) is 47.7 Å². The van der Waals surface area contributed by atoms with Crippen LogP contribution in [-0.4, -0.2) is 93.7 Å². The fraction of sp³-hybridized carbons (Fsp3) is 0.686. The molecular weight excluding hydrogens is 568 g/mol. The summed E-state index contributed by atoms with van der Waals surface area (Å²) < 4.78 is 0. The number of aromatic nitrogens is 1. The van der Waals surface area contributed by atoms with Crippen molar-refractivity contribution in [3.63, 3.8) is 0 Å². The Kier molecular flexibility index (Phi) is 12.7. The van der Waals surface area contributed by atoms with Crippen molar-refractivity contribution in [2.75, 3.05) is 20.1 Å². The normalized spacial score (nSPS) is 21.0. The molecule has 0 aliphatic carbocycles. The number of nitrogens with zero attached hydrogens (tertiary/aromatic N) is 4. The second-order valence-corrected chi connectivity index (χ2v) is 14.4. The van der Waals surface area contributed by atoms with E-state index in [2.05, 4.69) is 34.4 Å². The average Bonchev–Trinajstić information content (AvgIpc) is 3.50. The number of likely N-dealkylation sites (N-methyl/N-ethyl adjacent to an activating group) is 1. The largest absolute Gasteiger partial charge is 0.350 e. The predicted molar refractivity (Wildman–Crippen MR) is 177 cm³/mol. The SMILES string of the molecule is CC(=CC(C(C)C)N(C)C(=O)[C@@H](NC(=O)[C@H]1CCCCN1C(C)C)C(C)(C)C)C(=O)N1CCC[C@H]1C(=O)NCc1ccncc1. The zero-order chi connectivity index (χ0) is 33.5. The summed E-state index contributed by atoms with van der Waals surface area (Å²) in [5, 5.41) is 6.09. The number of hydrogen-bond donors (Lipinski definition) is 2. The number of nitrogens with one attached hydrogen (secondary N) is 2. The summed E-state index contributed by atoms with van der Waals surface area (Å²) in [6.07, 6.45) is 9.41. The Morgan fingerprint density at radius 1 is 0.978 bits per heavy atom. The number of likely N-dealkylation sites (tertiary alicyclic amines) is 2. The first-order valence-corrected chi connectivity index (χ1v) is 16.6. The van der Waals surface area contributed by atoms with Crippen LogP contribution in [0.25, 0.3) is 0 Å². The van der Waals surface area contributed by atoms with E-state index >= 15 is 0 Å². The van der Waals surface area contributed by atoms with Gasteiger partial charge in [0.25, 0.3) is 0 Å². The minimum Gasteiger partial charge on any atom is -0.350 e. The third kappa shape index (κ3) is 9.37. The molecule has 3 heterocycles. The van der Waals surface area contributed by atoms with Gasteiger partial charge in [-0.15, -0.1) is 0 Å². The van der Waals surface area contributed by atoms with E-state index in [1.165, 1.54) is 0 Å². The van der Waals surface area contributed by atoms with Gasteiger partial charge in [0.1, 0.15) is 12.1 Å². The van der Waals surface area contributed by atoms with Crippen molar-refractivity contribution < 1.29 is 19.2 Å². The Labute approximate surface area is 270 Å². The van der Waals surface area contributed by atoms with E-state index in [1.807, 2.05) is 52.8 Å². The Bertz CT molecular complexity index is 1210. The molecule has 250 valence electrons. The van der Waals surface area contributed by atoms with Gasteiger partial charge in [-0.05, 0) is 82.0 Å². The summed E-state index contributed by atoms with van der Waals surface area (Å²) in [5.74, 6) is -0.653. The van der Waals surface area contributed by atoms with Crippen LogP contribution >= 0.6 is 0 Å². The van der Waals surface area contributed by atoms with Gasteiger partial charge in [-0.2, -0.15) is 0 Å². The summed E-state index contributed by atoms with van der Waals surface area (Å²) >= 11 is 0. The second-order valence-electron chi connectivity index (χ2n) is 14.4. The van der Waals surface area contributed by atoms with E-state index < -0.39 is 17.5 Å². The lowest BCUT2D eigenvalue weighted by Crippen LogP contribution is -2.60. The van der Waals surface area contributed by atoms with E-state index in [0.29, 0.717) is 25.1 Å². The molecule has 2 fully saturated rings. The molecule has 4 atom stereocenters. The molecule has 0 spiro atoms. The summed E-state index contributed by atoms with van der Waals surface area (Å²) in [6.45, 7) is 17.6. The van der Waals surface area contributed by atoms with Gasteiger partial charge in [-0.1, -0.05) is 47.1 Å². The van der Waals surface area contributed by atoms with Crippen molar-refractivity contribution in [1.82, 2.24) is 30.3 Å².